The van der Waals surface area contributed by atoms with Gasteiger partial charge in [-0.05, 0) is 56.1 Å². The second kappa shape index (κ2) is 6.49. The van der Waals surface area contributed by atoms with Gasteiger partial charge in [-0.25, -0.2) is 8.42 Å². The Morgan fingerprint density at radius 2 is 1.80 bits per heavy atom. The van der Waals surface area contributed by atoms with Crippen LogP contribution in [0.15, 0.2) is 29.2 Å². The molecule has 0 aliphatic carbocycles. The van der Waals surface area contributed by atoms with E-state index in [9.17, 15) is 17.2 Å². The van der Waals surface area contributed by atoms with E-state index in [0.717, 1.165) is 38.2 Å². The molecule has 0 spiro atoms. The number of piperidine rings is 1. The fraction of sp³-hybridized carbons (Fsp3) is 0.538. The smallest absolute Gasteiger partial charge is 0.341 e. The summed E-state index contributed by atoms with van der Waals surface area (Å²) in [6, 6.07) is 5.48. The maximum absolute atomic E-state index is 12.4. The van der Waals surface area contributed by atoms with Crippen molar-refractivity contribution in [3.63, 3.8) is 0 Å². The molecule has 0 saturated carbocycles. The van der Waals surface area contributed by atoms with Crippen LogP contribution in [0.2, 0.25) is 0 Å². The van der Waals surface area contributed by atoms with Gasteiger partial charge in [0.15, 0.2) is 0 Å². The van der Waals surface area contributed by atoms with Gasteiger partial charge in [-0.1, -0.05) is 0 Å². The van der Waals surface area contributed by atoms with E-state index in [0.29, 0.717) is 5.92 Å². The highest BCUT2D eigenvalue weighted by atomic mass is 32.2. The molecule has 1 heterocycles. The molecule has 4 nitrogen and oxygen atoms in total. The normalized spacial score (nSPS) is 17.4. The molecule has 0 unspecified atom stereocenters. The van der Waals surface area contributed by atoms with Gasteiger partial charge in [0.2, 0.25) is 9.84 Å². The van der Waals surface area contributed by atoms with Crippen LogP contribution in [-0.4, -0.2) is 33.8 Å². The molecule has 0 bridgehead atoms. The van der Waals surface area contributed by atoms with E-state index in [1.54, 1.807) is 0 Å². The number of alkyl halides is 2. The SMILES string of the molecule is O=S(=O)(c1ccc(NCC2CCNCC2)cc1)C(F)F. The zero-order valence-corrected chi connectivity index (χ0v) is 11.8. The van der Waals surface area contributed by atoms with Crippen LogP contribution in [0.3, 0.4) is 0 Å². The molecule has 7 heteroatoms. The number of hydrogen-bond donors (Lipinski definition) is 2. The molecule has 1 aliphatic heterocycles. The monoisotopic (exact) mass is 304 g/mol. The molecule has 112 valence electrons. The van der Waals surface area contributed by atoms with Crippen LogP contribution in [-0.2, 0) is 9.84 Å². The molecule has 1 fully saturated rings. The Bertz CT molecular complexity index is 526. The van der Waals surface area contributed by atoms with E-state index >= 15 is 0 Å². The van der Waals surface area contributed by atoms with Crippen molar-refractivity contribution in [1.82, 2.24) is 5.32 Å². The Hall–Kier alpha value is -1.21. The molecule has 2 N–H and O–H groups in total. The van der Waals surface area contributed by atoms with Crippen molar-refractivity contribution in [3.8, 4) is 0 Å². The quantitative estimate of drug-likeness (QED) is 0.874. The van der Waals surface area contributed by atoms with Crippen molar-refractivity contribution in [3.05, 3.63) is 24.3 Å². The molecule has 0 amide bonds. The van der Waals surface area contributed by atoms with Crippen molar-refractivity contribution in [2.24, 2.45) is 5.92 Å². The molecule has 2 rings (SSSR count). The first-order chi connectivity index (χ1) is 9.50. The highest BCUT2D eigenvalue weighted by Crippen LogP contribution is 2.21. The summed E-state index contributed by atoms with van der Waals surface area (Å²) in [5.41, 5.74) is 0.747. The lowest BCUT2D eigenvalue weighted by Crippen LogP contribution is -2.31. The van der Waals surface area contributed by atoms with Gasteiger partial charge >= 0.3 is 5.76 Å². The summed E-state index contributed by atoms with van der Waals surface area (Å²) in [5, 5.41) is 6.49. The van der Waals surface area contributed by atoms with Gasteiger partial charge in [-0.3, -0.25) is 0 Å². The second-order valence-corrected chi connectivity index (χ2v) is 6.82. The van der Waals surface area contributed by atoms with Crippen molar-refractivity contribution in [2.75, 3.05) is 25.0 Å². The molecule has 0 aromatic heterocycles. The Morgan fingerprint density at radius 3 is 2.35 bits per heavy atom. The van der Waals surface area contributed by atoms with Gasteiger partial charge in [-0.2, -0.15) is 8.78 Å². The number of rotatable bonds is 5. The first-order valence-corrected chi connectivity index (χ1v) is 8.11. The fourth-order valence-corrected chi connectivity index (χ4v) is 2.93. The van der Waals surface area contributed by atoms with Crippen LogP contribution < -0.4 is 10.6 Å². The lowest BCUT2D eigenvalue weighted by Gasteiger charge is -2.23. The highest BCUT2D eigenvalue weighted by Gasteiger charge is 2.26. The highest BCUT2D eigenvalue weighted by molar-refractivity contribution is 7.91. The largest absolute Gasteiger partial charge is 0.385 e. The Kier molecular flexibility index (Phi) is 4.93. The number of nitrogens with one attached hydrogen (secondary N) is 2. The summed E-state index contributed by atoms with van der Waals surface area (Å²) in [5.74, 6) is -2.79. The first kappa shape index (κ1) is 15.2. The molecule has 1 aromatic rings. The molecular weight excluding hydrogens is 286 g/mol. The van der Waals surface area contributed by atoms with Crippen LogP contribution >= 0.6 is 0 Å². The first-order valence-electron chi connectivity index (χ1n) is 6.57. The summed E-state index contributed by atoms with van der Waals surface area (Å²) in [4.78, 5) is -0.347. The third-order valence-electron chi connectivity index (χ3n) is 3.47. The molecule has 1 saturated heterocycles. The number of sulfone groups is 1. The van der Waals surface area contributed by atoms with E-state index in [1.165, 1.54) is 24.3 Å². The van der Waals surface area contributed by atoms with Crippen molar-refractivity contribution in [1.29, 1.82) is 0 Å². The van der Waals surface area contributed by atoms with Crippen LogP contribution in [0, 0.1) is 5.92 Å². The predicted molar refractivity (Wildman–Crippen MR) is 73.7 cm³/mol. The minimum absolute atomic E-state index is 0.347. The summed E-state index contributed by atoms with van der Waals surface area (Å²) >= 11 is 0. The topological polar surface area (TPSA) is 58.2 Å². The van der Waals surface area contributed by atoms with Gasteiger partial charge in [0.1, 0.15) is 0 Å². The summed E-state index contributed by atoms with van der Waals surface area (Å²) in [7, 11) is -4.50. The van der Waals surface area contributed by atoms with Crippen LogP contribution in [0.5, 0.6) is 0 Å². The molecule has 1 aromatic carbocycles. The molecule has 0 atom stereocenters. The van der Waals surface area contributed by atoms with Crippen molar-refractivity contribution < 1.29 is 17.2 Å². The van der Waals surface area contributed by atoms with Crippen molar-refractivity contribution >= 4 is 15.5 Å². The average molecular weight is 304 g/mol. The molecular formula is C13H18F2N2O2S. The Morgan fingerprint density at radius 1 is 1.20 bits per heavy atom. The van der Waals surface area contributed by atoms with Gasteiger partial charge in [0, 0.05) is 12.2 Å². The zero-order valence-electron chi connectivity index (χ0n) is 11.0. The van der Waals surface area contributed by atoms with Crippen molar-refractivity contribution in [2.45, 2.75) is 23.5 Å². The van der Waals surface area contributed by atoms with Gasteiger partial charge in [0.05, 0.1) is 4.90 Å². The average Bonchev–Trinajstić information content (AvgIpc) is 2.46. The van der Waals surface area contributed by atoms with Crippen LogP contribution in [0.25, 0.3) is 0 Å². The Balaban J connectivity index is 1.94. The predicted octanol–water partition coefficient (Wildman–Crippen LogP) is 2.09. The summed E-state index contributed by atoms with van der Waals surface area (Å²) in [6.45, 7) is 2.83. The van der Waals surface area contributed by atoms with Gasteiger partial charge < -0.3 is 10.6 Å². The maximum Gasteiger partial charge on any atom is 0.341 e. The number of benzene rings is 1. The number of halogens is 2. The number of anilines is 1. The summed E-state index contributed by atoms with van der Waals surface area (Å²) in [6.07, 6.45) is 2.20. The lowest BCUT2D eigenvalue weighted by atomic mass is 9.98. The van der Waals surface area contributed by atoms with Gasteiger partial charge in [-0.15, -0.1) is 0 Å². The van der Waals surface area contributed by atoms with Crippen LogP contribution in [0.4, 0.5) is 14.5 Å². The Labute approximate surface area is 117 Å². The minimum Gasteiger partial charge on any atom is -0.385 e. The second-order valence-electron chi connectivity index (χ2n) is 4.90. The molecule has 1 aliphatic rings. The van der Waals surface area contributed by atoms with E-state index in [-0.39, 0.29) is 4.90 Å². The third kappa shape index (κ3) is 3.67. The third-order valence-corrected chi connectivity index (χ3v) is 4.87. The maximum atomic E-state index is 12.4. The van der Waals surface area contributed by atoms with E-state index in [1.807, 2.05) is 0 Å². The van der Waals surface area contributed by atoms with Crippen LogP contribution in [0.1, 0.15) is 12.8 Å². The number of hydrogen-bond acceptors (Lipinski definition) is 4. The minimum atomic E-state index is -4.50. The van der Waals surface area contributed by atoms with Gasteiger partial charge in [0.25, 0.3) is 0 Å². The summed E-state index contributed by atoms with van der Waals surface area (Å²) < 4.78 is 47.3. The fourth-order valence-electron chi connectivity index (χ4n) is 2.21. The molecule has 20 heavy (non-hydrogen) atoms. The lowest BCUT2D eigenvalue weighted by molar-refractivity contribution is 0.234. The molecule has 0 radical (unpaired) electrons. The zero-order chi connectivity index (χ0) is 14.6. The van der Waals surface area contributed by atoms with E-state index in [4.69, 9.17) is 0 Å². The van der Waals surface area contributed by atoms with E-state index in [2.05, 4.69) is 10.6 Å². The standard InChI is InChI=1S/C13H18F2N2O2S/c14-13(15)20(18,19)12-3-1-11(2-4-12)17-9-10-5-7-16-8-6-10/h1-4,10,13,16-17H,5-9H2. The van der Waals surface area contributed by atoms with E-state index < -0.39 is 15.6 Å².